The molecule has 0 fully saturated rings. The monoisotopic (exact) mass is 299 g/mol. The second-order valence-electron chi connectivity index (χ2n) is 5.53. The zero-order valence-electron chi connectivity index (χ0n) is 11.0. The highest BCUT2D eigenvalue weighted by Crippen LogP contribution is 2.26. The highest BCUT2D eigenvalue weighted by atomic mass is 79.9. The van der Waals surface area contributed by atoms with Gasteiger partial charge in [-0.1, -0.05) is 33.8 Å². The van der Waals surface area contributed by atoms with E-state index in [-0.39, 0.29) is 5.75 Å². The molecule has 0 unspecified atom stereocenters. The van der Waals surface area contributed by atoms with Crippen molar-refractivity contribution in [3.63, 3.8) is 0 Å². The Balaban J connectivity index is 2.49. The topological polar surface area (TPSA) is 32.3 Å². The number of halogens is 1. The lowest BCUT2D eigenvalue weighted by Gasteiger charge is -2.29. The van der Waals surface area contributed by atoms with Gasteiger partial charge in [0, 0.05) is 13.1 Å². The van der Waals surface area contributed by atoms with E-state index in [1.807, 2.05) is 12.1 Å². The van der Waals surface area contributed by atoms with Gasteiger partial charge in [-0.05, 0) is 45.0 Å². The van der Waals surface area contributed by atoms with Crippen LogP contribution in [0.3, 0.4) is 0 Å². The molecule has 0 saturated heterocycles. The van der Waals surface area contributed by atoms with E-state index in [1.54, 1.807) is 6.07 Å². The molecule has 1 aromatic carbocycles. The van der Waals surface area contributed by atoms with Crippen molar-refractivity contribution in [2.75, 3.05) is 6.54 Å². The first-order valence-electron chi connectivity index (χ1n) is 6.01. The number of hydrogen-bond donors (Lipinski definition) is 2. The summed E-state index contributed by atoms with van der Waals surface area (Å²) in [6.07, 6.45) is 0. The second kappa shape index (κ2) is 5.87. The highest BCUT2D eigenvalue weighted by molar-refractivity contribution is 9.10. The molecule has 3 heteroatoms. The van der Waals surface area contributed by atoms with Crippen molar-refractivity contribution in [2.45, 2.75) is 34.2 Å². The van der Waals surface area contributed by atoms with Gasteiger partial charge in [-0.25, -0.2) is 0 Å². The number of nitrogens with one attached hydrogen (secondary N) is 1. The second-order valence-corrected chi connectivity index (χ2v) is 6.39. The van der Waals surface area contributed by atoms with E-state index in [0.29, 0.717) is 11.3 Å². The van der Waals surface area contributed by atoms with Crippen LogP contribution in [-0.4, -0.2) is 11.7 Å². The molecule has 0 atom stereocenters. The van der Waals surface area contributed by atoms with E-state index < -0.39 is 0 Å². The van der Waals surface area contributed by atoms with Crippen LogP contribution in [0.15, 0.2) is 22.7 Å². The van der Waals surface area contributed by atoms with E-state index in [9.17, 15) is 5.11 Å². The average molecular weight is 300 g/mol. The lowest BCUT2D eigenvalue weighted by atomic mass is 9.81. The third kappa shape index (κ3) is 4.32. The molecule has 2 N–H and O–H groups in total. The van der Waals surface area contributed by atoms with Crippen LogP contribution in [0.4, 0.5) is 0 Å². The number of phenolic OH excluding ortho intramolecular Hbond substituents is 1. The van der Waals surface area contributed by atoms with Gasteiger partial charge in [0.1, 0.15) is 5.75 Å². The van der Waals surface area contributed by atoms with Crippen LogP contribution in [0.2, 0.25) is 0 Å². The molecule has 2 nitrogen and oxygen atoms in total. The lowest BCUT2D eigenvalue weighted by molar-refractivity contribution is 0.238. The predicted molar refractivity (Wildman–Crippen MR) is 76.1 cm³/mol. The van der Waals surface area contributed by atoms with Gasteiger partial charge < -0.3 is 10.4 Å². The SMILES string of the molecule is CC(C)C(C)(C)CNCc1ccc(O)c(Br)c1. The van der Waals surface area contributed by atoms with Crippen molar-refractivity contribution in [3.05, 3.63) is 28.2 Å². The third-order valence-corrected chi connectivity index (χ3v) is 4.12. The molecule has 17 heavy (non-hydrogen) atoms. The van der Waals surface area contributed by atoms with E-state index in [2.05, 4.69) is 48.9 Å². The molecule has 0 aliphatic heterocycles. The van der Waals surface area contributed by atoms with Crippen LogP contribution in [0.1, 0.15) is 33.3 Å². The molecule has 0 heterocycles. The molecular formula is C14H22BrNO. The number of rotatable bonds is 5. The van der Waals surface area contributed by atoms with Crippen molar-refractivity contribution >= 4 is 15.9 Å². The molecular weight excluding hydrogens is 278 g/mol. The minimum Gasteiger partial charge on any atom is -0.507 e. The number of benzene rings is 1. The summed E-state index contributed by atoms with van der Waals surface area (Å²) >= 11 is 3.32. The van der Waals surface area contributed by atoms with Crippen molar-refractivity contribution < 1.29 is 5.11 Å². The van der Waals surface area contributed by atoms with Gasteiger partial charge in [0.15, 0.2) is 0 Å². The van der Waals surface area contributed by atoms with Crippen LogP contribution < -0.4 is 5.32 Å². The first-order chi connectivity index (χ1) is 7.83. The standard InChI is InChI=1S/C14H22BrNO/c1-10(2)14(3,4)9-16-8-11-5-6-13(17)12(15)7-11/h5-7,10,16-17H,8-9H2,1-4H3. The Labute approximate surface area is 113 Å². The average Bonchev–Trinajstić information content (AvgIpc) is 2.23. The molecule has 0 aromatic heterocycles. The summed E-state index contributed by atoms with van der Waals surface area (Å²) in [6, 6.07) is 5.61. The lowest BCUT2D eigenvalue weighted by Crippen LogP contribution is -2.33. The van der Waals surface area contributed by atoms with Gasteiger partial charge >= 0.3 is 0 Å². The Morgan fingerprint density at radius 3 is 2.53 bits per heavy atom. The Bertz CT molecular complexity index is 374. The maximum absolute atomic E-state index is 9.40. The zero-order valence-corrected chi connectivity index (χ0v) is 12.6. The maximum Gasteiger partial charge on any atom is 0.129 e. The minimum absolute atomic E-state index is 0.288. The highest BCUT2D eigenvalue weighted by Gasteiger charge is 2.21. The summed E-state index contributed by atoms with van der Waals surface area (Å²) in [5.41, 5.74) is 1.47. The fourth-order valence-electron chi connectivity index (χ4n) is 1.39. The van der Waals surface area contributed by atoms with Crippen molar-refractivity contribution in [1.82, 2.24) is 5.32 Å². The first-order valence-corrected chi connectivity index (χ1v) is 6.80. The molecule has 0 aliphatic rings. The molecule has 0 saturated carbocycles. The van der Waals surface area contributed by atoms with Gasteiger partial charge in [0.05, 0.1) is 4.47 Å². The summed E-state index contributed by atoms with van der Waals surface area (Å²) in [4.78, 5) is 0. The van der Waals surface area contributed by atoms with E-state index in [4.69, 9.17) is 0 Å². The molecule has 1 aromatic rings. The van der Waals surface area contributed by atoms with Crippen LogP contribution in [0, 0.1) is 11.3 Å². The first kappa shape index (κ1) is 14.5. The van der Waals surface area contributed by atoms with E-state index in [1.165, 1.54) is 5.56 Å². The predicted octanol–water partition coefficient (Wildman–Crippen LogP) is 3.93. The quantitative estimate of drug-likeness (QED) is 0.863. The number of hydrogen-bond acceptors (Lipinski definition) is 2. The Kier molecular flexibility index (Phi) is 5.02. The van der Waals surface area contributed by atoms with Crippen molar-refractivity contribution in [2.24, 2.45) is 11.3 Å². The fourth-order valence-corrected chi connectivity index (χ4v) is 1.82. The molecule has 0 bridgehead atoms. The van der Waals surface area contributed by atoms with Crippen LogP contribution >= 0.6 is 15.9 Å². The number of phenols is 1. The van der Waals surface area contributed by atoms with Crippen LogP contribution in [-0.2, 0) is 6.54 Å². The smallest absolute Gasteiger partial charge is 0.129 e. The molecule has 0 aliphatic carbocycles. The largest absolute Gasteiger partial charge is 0.507 e. The summed E-state index contributed by atoms with van der Waals surface area (Å²) in [7, 11) is 0. The maximum atomic E-state index is 9.40. The Morgan fingerprint density at radius 1 is 1.35 bits per heavy atom. The summed E-state index contributed by atoms with van der Waals surface area (Å²) < 4.78 is 0.750. The Hall–Kier alpha value is -0.540. The van der Waals surface area contributed by atoms with Gasteiger partial charge in [0.25, 0.3) is 0 Å². The summed E-state index contributed by atoms with van der Waals surface area (Å²) in [5, 5.41) is 12.9. The third-order valence-electron chi connectivity index (χ3n) is 3.48. The summed E-state index contributed by atoms with van der Waals surface area (Å²) in [6.45, 7) is 10.9. The van der Waals surface area contributed by atoms with Gasteiger partial charge in [-0.2, -0.15) is 0 Å². The van der Waals surface area contributed by atoms with Gasteiger partial charge in [0.2, 0.25) is 0 Å². The summed E-state index contributed by atoms with van der Waals surface area (Å²) in [5.74, 6) is 0.942. The van der Waals surface area contributed by atoms with Gasteiger partial charge in [-0.3, -0.25) is 0 Å². The molecule has 0 radical (unpaired) electrons. The Morgan fingerprint density at radius 2 is 2.00 bits per heavy atom. The van der Waals surface area contributed by atoms with Gasteiger partial charge in [-0.15, -0.1) is 0 Å². The van der Waals surface area contributed by atoms with Crippen LogP contribution in [0.5, 0.6) is 5.75 Å². The van der Waals surface area contributed by atoms with Crippen molar-refractivity contribution in [3.8, 4) is 5.75 Å². The molecule has 1 rings (SSSR count). The molecule has 96 valence electrons. The number of aromatic hydroxyl groups is 1. The normalized spacial score (nSPS) is 12.1. The molecule has 0 spiro atoms. The van der Waals surface area contributed by atoms with Crippen molar-refractivity contribution in [1.29, 1.82) is 0 Å². The van der Waals surface area contributed by atoms with E-state index >= 15 is 0 Å². The van der Waals surface area contributed by atoms with Crippen LogP contribution in [0.25, 0.3) is 0 Å². The minimum atomic E-state index is 0.288. The molecule has 0 amide bonds. The van der Waals surface area contributed by atoms with E-state index in [0.717, 1.165) is 17.6 Å². The fraction of sp³-hybridized carbons (Fsp3) is 0.571. The zero-order chi connectivity index (χ0) is 13.1.